The van der Waals surface area contributed by atoms with Crippen LogP contribution in [0.1, 0.15) is 43.2 Å². The van der Waals surface area contributed by atoms with Crippen LogP contribution >= 0.6 is 0 Å². The van der Waals surface area contributed by atoms with E-state index in [9.17, 15) is 9.90 Å². The highest BCUT2D eigenvalue weighted by Gasteiger charge is 2.50. The molecule has 31 heavy (non-hydrogen) atoms. The van der Waals surface area contributed by atoms with Crippen molar-refractivity contribution in [2.24, 2.45) is 5.92 Å². The van der Waals surface area contributed by atoms with Crippen molar-refractivity contribution in [1.82, 2.24) is 20.4 Å². The summed E-state index contributed by atoms with van der Waals surface area (Å²) in [4.78, 5) is 20.6. The summed E-state index contributed by atoms with van der Waals surface area (Å²) in [7, 11) is 1.47. The molecule has 0 amide bonds. The lowest BCUT2D eigenvalue weighted by atomic mass is 9.64. The van der Waals surface area contributed by atoms with Crippen LogP contribution in [0.5, 0.6) is 0 Å². The zero-order valence-electron chi connectivity index (χ0n) is 17.8. The van der Waals surface area contributed by atoms with Gasteiger partial charge in [-0.15, -0.1) is 0 Å². The molecule has 162 valence electrons. The van der Waals surface area contributed by atoms with Crippen molar-refractivity contribution in [3.63, 3.8) is 0 Å². The van der Waals surface area contributed by atoms with Crippen LogP contribution in [-0.4, -0.2) is 44.1 Å². The molecule has 0 saturated heterocycles. The number of aliphatic carboxylic acids is 1. The van der Waals surface area contributed by atoms with Gasteiger partial charge in [0.2, 0.25) is 0 Å². The third-order valence-corrected chi connectivity index (χ3v) is 6.34. The van der Waals surface area contributed by atoms with Crippen molar-refractivity contribution in [1.29, 1.82) is 0 Å². The maximum absolute atomic E-state index is 12.3. The molecule has 8 heteroatoms. The van der Waals surface area contributed by atoms with E-state index in [1.54, 1.807) is 0 Å². The molecule has 0 spiro atoms. The molecule has 1 heterocycles. The summed E-state index contributed by atoms with van der Waals surface area (Å²) in [5.74, 6) is -1.09. The molecular formula is C23H27N5O3. The molecule has 1 N–H and O–H groups in total. The second kappa shape index (κ2) is 8.75. The maximum atomic E-state index is 12.3. The third kappa shape index (κ3) is 4.10. The summed E-state index contributed by atoms with van der Waals surface area (Å²) in [5, 5.41) is 22.7. The van der Waals surface area contributed by atoms with Crippen molar-refractivity contribution in [3.05, 3.63) is 71.8 Å². The fraction of sp³-hybridized carbons (Fsp3) is 0.391. The fourth-order valence-electron chi connectivity index (χ4n) is 4.88. The van der Waals surface area contributed by atoms with Crippen LogP contribution in [0.25, 0.3) is 0 Å². The first-order valence-corrected chi connectivity index (χ1v) is 10.5. The van der Waals surface area contributed by atoms with Gasteiger partial charge in [0.1, 0.15) is 7.11 Å². The third-order valence-electron chi connectivity index (χ3n) is 6.34. The maximum Gasteiger partial charge on any atom is 0.307 e. The topological polar surface area (TPSA) is 93.4 Å². The number of tetrazole rings is 1. The van der Waals surface area contributed by atoms with Crippen molar-refractivity contribution < 1.29 is 14.7 Å². The summed E-state index contributed by atoms with van der Waals surface area (Å²) in [5.41, 5.74) is 1.55. The standard InChI is InChI=1S/C23H27N5O3/c1-23(15-9-14-19(21(29)30)20(23)18-12-7-4-8-13-18)27(16-17-10-5-3-6-11-17)22-24-26-28(25-22)31-2/h3-8,10-13,19-20H,9,14-16H2,1-2H3,(H,29,30). The van der Waals surface area contributed by atoms with Gasteiger partial charge >= 0.3 is 5.97 Å². The number of carboxylic acids is 1. The first-order valence-electron chi connectivity index (χ1n) is 10.5. The molecule has 1 aliphatic rings. The molecule has 8 nitrogen and oxygen atoms in total. The Bertz CT molecular complexity index is 1010. The Labute approximate surface area is 181 Å². The molecule has 1 aliphatic carbocycles. The summed E-state index contributed by atoms with van der Waals surface area (Å²) in [6.07, 6.45) is 2.26. The molecule has 3 aromatic rings. The Morgan fingerprint density at radius 1 is 1.19 bits per heavy atom. The van der Waals surface area contributed by atoms with E-state index in [2.05, 4.69) is 27.2 Å². The fourth-order valence-corrected chi connectivity index (χ4v) is 4.88. The van der Waals surface area contributed by atoms with Crippen LogP contribution in [0, 0.1) is 5.92 Å². The highest BCUT2D eigenvalue weighted by molar-refractivity contribution is 5.72. The minimum Gasteiger partial charge on any atom is -0.481 e. The van der Waals surface area contributed by atoms with Gasteiger partial charge < -0.3 is 14.8 Å². The first kappa shape index (κ1) is 20.8. The zero-order chi connectivity index (χ0) is 21.8. The Balaban J connectivity index is 1.84. The quantitative estimate of drug-likeness (QED) is 0.626. The minimum absolute atomic E-state index is 0.238. The number of anilines is 1. The van der Waals surface area contributed by atoms with Crippen LogP contribution in [0.3, 0.4) is 0 Å². The van der Waals surface area contributed by atoms with E-state index in [0.29, 0.717) is 18.9 Å². The Morgan fingerprint density at radius 2 is 1.87 bits per heavy atom. The number of carboxylic acid groups (broad SMARTS) is 1. The molecule has 1 fully saturated rings. The predicted octanol–water partition coefficient (Wildman–Crippen LogP) is 3.17. The molecule has 1 saturated carbocycles. The zero-order valence-corrected chi connectivity index (χ0v) is 17.8. The Hall–Kier alpha value is -3.42. The number of hydrogen-bond donors (Lipinski definition) is 1. The lowest BCUT2D eigenvalue weighted by molar-refractivity contribution is -0.144. The van der Waals surface area contributed by atoms with Gasteiger partial charge in [-0.25, -0.2) is 0 Å². The van der Waals surface area contributed by atoms with Gasteiger partial charge in [-0.05, 0) is 36.1 Å². The molecule has 4 rings (SSSR count). The van der Waals surface area contributed by atoms with Crippen LogP contribution in [-0.2, 0) is 11.3 Å². The predicted molar refractivity (Wildman–Crippen MR) is 116 cm³/mol. The van der Waals surface area contributed by atoms with E-state index in [1.165, 1.54) is 7.11 Å². The van der Waals surface area contributed by atoms with E-state index in [-0.39, 0.29) is 5.92 Å². The van der Waals surface area contributed by atoms with Gasteiger partial charge in [-0.3, -0.25) is 4.79 Å². The normalized spacial score (nSPS) is 23.3. The lowest BCUT2D eigenvalue weighted by Crippen LogP contribution is -2.56. The largest absolute Gasteiger partial charge is 0.481 e. The molecule has 0 aliphatic heterocycles. The molecule has 1 aromatic heterocycles. The van der Waals surface area contributed by atoms with E-state index >= 15 is 0 Å². The number of nitrogens with zero attached hydrogens (tertiary/aromatic N) is 5. The second-order valence-corrected chi connectivity index (χ2v) is 8.18. The van der Waals surface area contributed by atoms with Crippen molar-refractivity contribution in [2.45, 2.75) is 44.2 Å². The first-order chi connectivity index (χ1) is 15.0. The van der Waals surface area contributed by atoms with E-state index in [0.717, 1.165) is 28.9 Å². The second-order valence-electron chi connectivity index (χ2n) is 8.18. The van der Waals surface area contributed by atoms with Crippen LogP contribution in [0.15, 0.2) is 60.7 Å². The van der Waals surface area contributed by atoms with Gasteiger partial charge in [0.25, 0.3) is 5.95 Å². The van der Waals surface area contributed by atoms with E-state index in [1.807, 2.05) is 60.7 Å². The summed E-state index contributed by atoms with van der Waals surface area (Å²) < 4.78 is 0. The highest BCUT2D eigenvalue weighted by atomic mass is 16.7. The van der Waals surface area contributed by atoms with Gasteiger partial charge in [0, 0.05) is 23.0 Å². The van der Waals surface area contributed by atoms with Gasteiger partial charge in [-0.2, -0.15) is 0 Å². The summed E-state index contributed by atoms with van der Waals surface area (Å²) >= 11 is 0. The molecule has 3 atom stereocenters. The van der Waals surface area contributed by atoms with Crippen LogP contribution in [0.2, 0.25) is 0 Å². The molecule has 2 aromatic carbocycles. The van der Waals surface area contributed by atoms with E-state index in [4.69, 9.17) is 4.84 Å². The lowest BCUT2D eigenvalue weighted by Gasteiger charge is -2.51. The Morgan fingerprint density at radius 3 is 2.48 bits per heavy atom. The van der Waals surface area contributed by atoms with Crippen LogP contribution < -0.4 is 9.74 Å². The number of aromatic nitrogens is 4. The Kier molecular flexibility index (Phi) is 5.88. The minimum atomic E-state index is -0.770. The van der Waals surface area contributed by atoms with Crippen molar-refractivity contribution in [3.8, 4) is 0 Å². The van der Waals surface area contributed by atoms with Crippen molar-refractivity contribution >= 4 is 11.9 Å². The monoisotopic (exact) mass is 421 g/mol. The average Bonchev–Trinajstić information content (AvgIpc) is 3.27. The smallest absolute Gasteiger partial charge is 0.307 e. The number of hydrogen-bond acceptors (Lipinski definition) is 6. The summed E-state index contributed by atoms with van der Waals surface area (Å²) in [6.45, 7) is 2.65. The molecule has 0 bridgehead atoms. The number of benzene rings is 2. The van der Waals surface area contributed by atoms with Crippen molar-refractivity contribution in [2.75, 3.05) is 12.0 Å². The molecule has 0 radical (unpaired) electrons. The SMILES string of the molecule is COn1nnc(N(Cc2ccccc2)C2(C)CCCC(C(=O)O)C2c2ccccc2)n1. The van der Waals surface area contributed by atoms with Gasteiger partial charge in [0.15, 0.2) is 0 Å². The van der Waals surface area contributed by atoms with Gasteiger partial charge in [0.05, 0.1) is 5.92 Å². The van der Waals surface area contributed by atoms with E-state index < -0.39 is 17.4 Å². The average molecular weight is 422 g/mol. The molecular weight excluding hydrogens is 394 g/mol. The molecule has 3 unspecified atom stereocenters. The van der Waals surface area contributed by atoms with Gasteiger partial charge in [-0.1, -0.05) is 77.3 Å². The number of carbonyl (C=O) groups is 1. The summed E-state index contributed by atoms with van der Waals surface area (Å²) in [6, 6.07) is 20.0. The highest BCUT2D eigenvalue weighted by Crippen LogP contribution is 2.49. The van der Waals surface area contributed by atoms with Crippen LogP contribution in [0.4, 0.5) is 5.95 Å². The number of rotatable bonds is 7.